The lowest BCUT2D eigenvalue weighted by atomic mass is 9.74. The number of likely N-dealkylation sites (tertiary alicyclic amines) is 1. The van der Waals surface area contributed by atoms with Crippen LogP contribution in [0.3, 0.4) is 0 Å². The lowest BCUT2D eigenvalue weighted by Crippen LogP contribution is -2.54. The third-order valence-corrected chi connectivity index (χ3v) is 6.46. The van der Waals surface area contributed by atoms with Crippen molar-refractivity contribution < 1.29 is 9.59 Å². The van der Waals surface area contributed by atoms with Crippen molar-refractivity contribution in [1.82, 2.24) is 10.2 Å². The van der Waals surface area contributed by atoms with Gasteiger partial charge in [-0.05, 0) is 31.7 Å². The van der Waals surface area contributed by atoms with Crippen molar-refractivity contribution in [1.29, 1.82) is 0 Å². The van der Waals surface area contributed by atoms with Crippen LogP contribution >= 0.6 is 0 Å². The van der Waals surface area contributed by atoms with Crippen LogP contribution in [0.15, 0.2) is 30.3 Å². The second kappa shape index (κ2) is 6.69. The van der Waals surface area contributed by atoms with E-state index in [2.05, 4.69) is 17.4 Å². The first-order valence-corrected chi connectivity index (χ1v) is 9.89. The summed E-state index contributed by atoms with van der Waals surface area (Å²) < 4.78 is 0. The van der Waals surface area contributed by atoms with Gasteiger partial charge in [-0.3, -0.25) is 9.59 Å². The van der Waals surface area contributed by atoms with E-state index in [-0.39, 0.29) is 23.8 Å². The average Bonchev–Trinajstić information content (AvgIpc) is 3.32. The van der Waals surface area contributed by atoms with Crippen LogP contribution in [0.4, 0.5) is 0 Å². The number of benzene rings is 1. The van der Waals surface area contributed by atoms with Crippen LogP contribution in [0.2, 0.25) is 0 Å². The zero-order valence-corrected chi connectivity index (χ0v) is 15.5. The van der Waals surface area contributed by atoms with Crippen LogP contribution in [0.1, 0.15) is 56.9 Å². The molecular formula is C21H29N3O2. The van der Waals surface area contributed by atoms with E-state index in [1.807, 2.05) is 30.0 Å². The number of hydrogen-bond acceptors (Lipinski definition) is 3. The molecule has 0 spiro atoms. The molecule has 5 heteroatoms. The molecule has 4 rings (SSSR count). The summed E-state index contributed by atoms with van der Waals surface area (Å²) in [6.07, 6.45) is 5.33. The molecule has 0 radical (unpaired) electrons. The highest BCUT2D eigenvalue weighted by molar-refractivity contribution is 5.84. The third-order valence-electron chi connectivity index (χ3n) is 6.46. The molecule has 2 aliphatic carbocycles. The summed E-state index contributed by atoms with van der Waals surface area (Å²) in [5.74, 6) is 0.501. The fourth-order valence-electron chi connectivity index (χ4n) is 4.82. The molecule has 1 aromatic rings. The molecule has 0 aromatic heterocycles. The summed E-state index contributed by atoms with van der Waals surface area (Å²) in [4.78, 5) is 27.2. The van der Waals surface area contributed by atoms with Crippen LogP contribution in [0.25, 0.3) is 0 Å². The lowest BCUT2D eigenvalue weighted by Gasteiger charge is -2.37. The van der Waals surface area contributed by atoms with Crippen LogP contribution < -0.4 is 11.1 Å². The number of nitrogens with two attached hydrogens (primary N) is 1. The molecule has 26 heavy (non-hydrogen) atoms. The van der Waals surface area contributed by atoms with Crippen molar-refractivity contribution in [2.75, 3.05) is 6.54 Å². The van der Waals surface area contributed by atoms with Crippen molar-refractivity contribution in [2.24, 2.45) is 11.7 Å². The minimum Gasteiger partial charge on any atom is -0.351 e. The first-order chi connectivity index (χ1) is 12.5. The normalized spacial score (nSPS) is 36.8. The number of amides is 2. The van der Waals surface area contributed by atoms with Crippen molar-refractivity contribution in [3.63, 3.8) is 0 Å². The standard InChI is InChI=1S/C21H29N3O2/c1-21(22)10-6-5-9-17(21)20(26)23-15-11-19(25)24(13-15)18-12-16(18)14-7-3-2-4-8-14/h2-4,7-8,15-18H,5-6,9-13,22H2,1H3,(H,23,26). The fourth-order valence-corrected chi connectivity index (χ4v) is 4.82. The Hall–Kier alpha value is -1.88. The summed E-state index contributed by atoms with van der Waals surface area (Å²) in [6, 6.07) is 10.6. The number of hydrogen-bond donors (Lipinski definition) is 2. The highest BCUT2D eigenvalue weighted by Crippen LogP contribution is 2.46. The molecular weight excluding hydrogens is 326 g/mol. The molecule has 3 N–H and O–H groups in total. The second-order valence-electron chi connectivity index (χ2n) is 8.58. The first kappa shape index (κ1) is 17.5. The van der Waals surface area contributed by atoms with Gasteiger partial charge in [0, 0.05) is 30.5 Å². The number of carbonyl (C=O) groups excluding carboxylic acids is 2. The number of carbonyl (C=O) groups is 2. The SMILES string of the molecule is CC1(N)CCCCC1C(=O)NC1CC(=O)N(C2CC2c2ccccc2)C1. The fraction of sp³-hybridized carbons (Fsp3) is 0.619. The van der Waals surface area contributed by atoms with E-state index in [1.165, 1.54) is 5.56 Å². The second-order valence-corrected chi connectivity index (χ2v) is 8.58. The maximum Gasteiger partial charge on any atom is 0.225 e. The zero-order valence-electron chi connectivity index (χ0n) is 15.5. The van der Waals surface area contributed by atoms with Gasteiger partial charge >= 0.3 is 0 Å². The van der Waals surface area contributed by atoms with Gasteiger partial charge in [0.15, 0.2) is 0 Å². The van der Waals surface area contributed by atoms with Gasteiger partial charge < -0.3 is 16.0 Å². The maximum absolute atomic E-state index is 12.7. The van der Waals surface area contributed by atoms with E-state index in [4.69, 9.17) is 5.73 Å². The highest BCUT2D eigenvalue weighted by atomic mass is 16.2. The molecule has 1 saturated heterocycles. The molecule has 5 nitrogen and oxygen atoms in total. The third kappa shape index (κ3) is 3.37. The molecule has 1 heterocycles. The zero-order chi connectivity index (χ0) is 18.3. The summed E-state index contributed by atoms with van der Waals surface area (Å²) >= 11 is 0. The Kier molecular flexibility index (Phi) is 4.51. The van der Waals surface area contributed by atoms with E-state index in [0.717, 1.165) is 32.1 Å². The maximum atomic E-state index is 12.7. The summed E-state index contributed by atoms with van der Waals surface area (Å²) in [7, 11) is 0. The quantitative estimate of drug-likeness (QED) is 0.869. The first-order valence-electron chi connectivity index (χ1n) is 9.89. The number of nitrogens with zero attached hydrogens (tertiary/aromatic N) is 1. The van der Waals surface area contributed by atoms with E-state index in [0.29, 0.717) is 24.9 Å². The van der Waals surface area contributed by atoms with Gasteiger partial charge in [0.1, 0.15) is 0 Å². The Labute approximate surface area is 155 Å². The van der Waals surface area contributed by atoms with Gasteiger partial charge in [0.05, 0.1) is 12.0 Å². The Morgan fingerprint density at radius 2 is 2.04 bits per heavy atom. The minimum atomic E-state index is -0.431. The molecule has 5 unspecified atom stereocenters. The van der Waals surface area contributed by atoms with Gasteiger partial charge in [-0.15, -0.1) is 0 Å². The number of nitrogens with one attached hydrogen (secondary N) is 1. The van der Waals surface area contributed by atoms with Crippen molar-refractivity contribution in [2.45, 2.75) is 69.0 Å². The minimum absolute atomic E-state index is 0.0322. The Morgan fingerprint density at radius 3 is 2.77 bits per heavy atom. The molecule has 0 bridgehead atoms. The summed E-state index contributed by atoms with van der Waals surface area (Å²) in [5.41, 5.74) is 7.23. The van der Waals surface area contributed by atoms with E-state index < -0.39 is 5.54 Å². The molecule has 5 atom stereocenters. The van der Waals surface area contributed by atoms with Crippen LogP contribution in [-0.2, 0) is 9.59 Å². The average molecular weight is 355 g/mol. The number of rotatable bonds is 4. The van der Waals surface area contributed by atoms with Crippen LogP contribution in [0.5, 0.6) is 0 Å². The molecule has 1 aliphatic heterocycles. The summed E-state index contributed by atoms with van der Waals surface area (Å²) in [6.45, 7) is 2.61. The highest BCUT2D eigenvalue weighted by Gasteiger charge is 2.48. The van der Waals surface area contributed by atoms with Crippen LogP contribution in [-0.4, -0.2) is 40.9 Å². The topological polar surface area (TPSA) is 75.4 Å². The molecule has 2 amide bonds. The van der Waals surface area contributed by atoms with Gasteiger partial charge in [-0.2, -0.15) is 0 Å². The van der Waals surface area contributed by atoms with Gasteiger partial charge in [-0.25, -0.2) is 0 Å². The smallest absolute Gasteiger partial charge is 0.225 e. The Morgan fingerprint density at radius 1 is 1.27 bits per heavy atom. The monoisotopic (exact) mass is 355 g/mol. The predicted octanol–water partition coefficient (Wildman–Crippen LogP) is 2.17. The Balaban J connectivity index is 1.34. The van der Waals surface area contributed by atoms with Crippen molar-refractivity contribution in [3.05, 3.63) is 35.9 Å². The van der Waals surface area contributed by atoms with Crippen LogP contribution in [0, 0.1) is 5.92 Å². The lowest BCUT2D eigenvalue weighted by molar-refractivity contribution is -0.128. The molecule has 1 aromatic carbocycles. The van der Waals surface area contributed by atoms with Gasteiger partial charge in [0.2, 0.25) is 11.8 Å². The predicted molar refractivity (Wildman–Crippen MR) is 100 cm³/mol. The molecule has 3 aliphatic rings. The molecule has 140 valence electrons. The van der Waals surface area contributed by atoms with E-state index in [1.54, 1.807) is 0 Å². The Bertz CT molecular complexity index is 688. The van der Waals surface area contributed by atoms with E-state index in [9.17, 15) is 9.59 Å². The molecule has 3 fully saturated rings. The van der Waals surface area contributed by atoms with Crippen molar-refractivity contribution >= 4 is 11.8 Å². The van der Waals surface area contributed by atoms with Gasteiger partial charge in [0.25, 0.3) is 0 Å². The summed E-state index contributed by atoms with van der Waals surface area (Å²) in [5, 5.41) is 3.12. The van der Waals surface area contributed by atoms with E-state index >= 15 is 0 Å². The largest absolute Gasteiger partial charge is 0.351 e. The van der Waals surface area contributed by atoms with Crippen molar-refractivity contribution in [3.8, 4) is 0 Å². The van der Waals surface area contributed by atoms with Gasteiger partial charge in [-0.1, -0.05) is 43.2 Å². The molecule has 2 saturated carbocycles.